The lowest BCUT2D eigenvalue weighted by atomic mass is 10.2. The summed E-state index contributed by atoms with van der Waals surface area (Å²) in [6.45, 7) is 1.75. The summed E-state index contributed by atoms with van der Waals surface area (Å²) in [5.41, 5.74) is 1.74. The Kier molecular flexibility index (Phi) is 7.94. The minimum absolute atomic E-state index is 0.102. The van der Waals surface area contributed by atoms with Crippen molar-refractivity contribution in [3.8, 4) is 11.5 Å². The van der Waals surface area contributed by atoms with E-state index in [1.165, 1.54) is 10.8 Å². The molecule has 36 heavy (non-hydrogen) atoms. The molecule has 0 fully saturated rings. The van der Waals surface area contributed by atoms with Crippen LogP contribution in [0.4, 0.5) is 17.3 Å². The number of pyridine rings is 1. The van der Waals surface area contributed by atoms with Gasteiger partial charge in [0.25, 0.3) is 5.56 Å². The number of carbonyl (C=O) groups excluding carboxylic acids is 1. The standard InChI is InChI=1S/C26H24ClN5O4/c1-2-24(34)31-23-14-29-26(32(25(23)35)15-17-3-5-18(27)6-4-17)30-19-7-9-21(10-8-19)36-22-11-12-28-20(13-22)16-33/h3-14,33H,2,15-16H2,1H3,(H,29,30)(H,31,34). The van der Waals surface area contributed by atoms with Crippen molar-refractivity contribution in [2.24, 2.45) is 0 Å². The number of benzene rings is 2. The van der Waals surface area contributed by atoms with E-state index >= 15 is 0 Å². The second-order valence-electron chi connectivity index (χ2n) is 7.81. The molecule has 3 N–H and O–H groups in total. The van der Waals surface area contributed by atoms with Crippen LogP contribution >= 0.6 is 11.6 Å². The molecule has 0 aliphatic heterocycles. The lowest BCUT2D eigenvalue weighted by Crippen LogP contribution is -2.28. The molecule has 184 valence electrons. The molecule has 0 spiro atoms. The van der Waals surface area contributed by atoms with E-state index in [1.807, 2.05) is 12.1 Å². The van der Waals surface area contributed by atoms with Gasteiger partial charge in [0.1, 0.15) is 17.2 Å². The molecule has 2 heterocycles. The Morgan fingerprint density at radius 1 is 1.06 bits per heavy atom. The van der Waals surface area contributed by atoms with Crippen LogP contribution in [0.3, 0.4) is 0 Å². The number of nitrogens with zero attached hydrogens (tertiary/aromatic N) is 3. The fourth-order valence-corrected chi connectivity index (χ4v) is 3.44. The number of hydrogen-bond donors (Lipinski definition) is 3. The van der Waals surface area contributed by atoms with Crippen molar-refractivity contribution in [1.82, 2.24) is 14.5 Å². The predicted molar refractivity (Wildman–Crippen MR) is 138 cm³/mol. The highest BCUT2D eigenvalue weighted by Gasteiger charge is 2.13. The Morgan fingerprint density at radius 2 is 1.81 bits per heavy atom. The van der Waals surface area contributed by atoms with Crippen LogP contribution in [-0.2, 0) is 17.9 Å². The highest BCUT2D eigenvalue weighted by molar-refractivity contribution is 6.30. The van der Waals surface area contributed by atoms with E-state index in [0.29, 0.717) is 33.9 Å². The first-order valence-electron chi connectivity index (χ1n) is 11.2. The van der Waals surface area contributed by atoms with E-state index in [9.17, 15) is 14.7 Å². The zero-order valence-corrected chi connectivity index (χ0v) is 20.2. The molecule has 10 heteroatoms. The van der Waals surface area contributed by atoms with E-state index in [-0.39, 0.29) is 36.7 Å². The summed E-state index contributed by atoms with van der Waals surface area (Å²) in [4.78, 5) is 33.5. The van der Waals surface area contributed by atoms with Crippen molar-refractivity contribution in [2.45, 2.75) is 26.5 Å². The van der Waals surface area contributed by atoms with Crippen LogP contribution in [0.1, 0.15) is 24.6 Å². The van der Waals surface area contributed by atoms with E-state index in [0.717, 1.165) is 5.56 Å². The van der Waals surface area contributed by atoms with Crippen LogP contribution in [0, 0.1) is 0 Å². The predicted octanol–water partition coefficient (Wildman–Crippen LogP) is 4.72. The van der Waals surface area contributed by atoms with Gasteiger partial charge in [0, 0.05) is 29.4 Å². The lowest BCUT2D eigenvalue weighted by Gasteiger charge is -2.16. The SMILES string of the molecule is CCC(=O)Nc1cnc(Nc2ccc(Oc3ccnc(CO)c3)cc2)n(Cc2ccc(Cl)cc2)c1=O. The van der Waals surface area contributed by atoms with Crippen molar-refractivity contribution in [1.29, 1.82) is 0 Å². The number of halogens is 1. The summed E-state index contributed by atoms with van der Waals surface area (Å²) < 4.78 is 7.27. The minimum atomic E-state index is -0.387. The molecule has 1 amide bonds. The Labute approximate surface area is 212 Å². The number of ether oxygens (including phenoxy) is 1. The molecule has 2 aromatic carbocycles. The number of aromatic nitrogens is 3. The molecule has 0 aliphatic carbocycles. The van der Waals surface area contributed by atoms with Gasteiger partial charge in [-0.1, -0.05) is 30.7 Å². The Hall–Kier alpha value is -4.21. The third kappa shape index (κ3) is 6.26. The van der Waals surface area contributed by atoms with Gasteiger partial charge in [0.2, 0.25) is 11.9 Å². The lowest BCUT2D eigenvalue weighted by molar-refractivity contribution is -0.115. The first-order chi connectivity index (χ1) is 17.4. The number of aliphatic hydroxyl groups is 1. The number of aliphatic hydroxyl groups excluding tert-OH is 1. The third-order valence-electron chi connectivity index (χ3n) is 5.19. The van der Waals surface area contributed by atoms with Gasteiger partial charge in [-0.2, -0.15) is 0 Å². The molecule has 0 unspecified atom stereocenters. The maximum atomic E-state index is 13.2. The summed E-state index contributed by atoms with van der Waals surface area (Å²) in [6, 6.07) is 17.6. The monoisotopic (exact) mass is 505 g/mol. The van der Waals surface area contributed by atoms with Gasteiger partial charge >= 0.3 is 0 Å². The molecule has 4 rings (SSSR count). The van der Waals surface area contributed by atoms with Gasteiger partial charge in [0.15, 0.2) is 0 Å². The van der Waals surface area contributed by atoms with Crippen LogP contribution in [0.2, 0.25) is 5.02 Å². The highest BCUT2D eigenvalue weighted by Crippen LogP contribution is 2.25. The zero-order valence-electron chi connectivity index (χ0n) is 19.4. The van der Waals surface area contributed by atoms with Gasteiger partial charge in [-0.25, -0.2) is 4.98 Å². The molecule has 4 aromatic rings. The van der Waals surface area contributed by atoms with Crippen molar-refractivity contribution in [3.05, 3.63) is 99.7 Å². The summed E-state index contributed by atoms with van der Waals surface area (Å²) in [5, 5.41) is 15.6. The smallest absolute Gasteiger partial charge is 0.279 e. The van der Waals surface area contributed by atoms with Crippen molar-refractivity contribution >= 4 is 34.8 Å². The van der Waals surface area contributed by atoms with Crippen molar-refractivity contribution < 1.29 is 14.6 Å². The normalized spacial score (nSPS) is 10.6. The van der Waals surface area contributed by atoms with E-state index in [4.69, 9.17) is 16.3 Å². The van der Waals surface area contributed by atoms with Gasteiger partial charge in [0.05, 0.1) is 25.0 Å². The number of amides is 1. The fourth-order valence-electron chi connectivity index (χ4n) is 3.31. The van der Waals surface area contributed by atoms with E-state index < -0.39 is 0 Å². The summed E-state index contributed by atoms with van der Waals surface area (Å²) >= 11 is 6.00. The van der Waals surface area contributed by atoms with Crippen LogP contribution in [0.5, 0.6) is 11.5 Å². The first-order valence-corrected chi connectivity index (χ1v) is 11.6. The molecule has 0 radical (unpaired) electrons. The van der Waals surface area contributed by atoms with Crippen molar-refractivity contribution in [3.63, 3.8) is 0 Å². The Morgan fingerprint density at radius 3 is 2.50 bits per heavy atom. The van der Waals surface area contributed by atoms with Crippen LogP contribution in [-0.4, -0.2) is 25.5 Å². The minimum Gasteiger partial charge on any atom is -0.457 e. The maximum absolute atomic E-state index is 13.2. The first kappa shape index (κ1) is 24.9. The van der Waals surface area contributed by atoms with Crippen LogP contribution in [0.15, 0.2) is 77.9 Å². The zero-order chi connectivity index (χ0) is 25.5. The molecule has 0 saturated carbocycles. The number of carbonyl (C=O) groups is 1. The third-order valence-corrected chi connectivity index (χ3v) is 5.44. The van der Waals surface area contributed by atoms with Gasteiger partial charge in [-0.3, -0.25) is 19.1 Å². The molecule has 0 bridgehead atoms. The number of nitrogens with one attached hydrogen (secondary N) is 2. The number of anilines is 3. The Balaban J connectivity index is 1.58. The number of hydrogen-bond acceptors (Lipinski definition) is 7. The second kappa shape index (κ2) is 11.5. The largest absolute Gasteiger partial charge is 0.457 e. The summed E-state index contributed by atoms with van der Waals surface area (Å²) in [7, 11) is 0. The number of rotatable bonds is 9. The van der Waals surface area contributed by atoms with Gasteiger partial charge in [-0.15, -0.1) is 0 Å². The topological polar surface area (TPSA) is 118 Å². The molecule has 2 aromatic heterocycles. The van der Waals surface area contributed by atoms with E-state index in [2.05, 4.69) is 20.6 Å². The average molecular weight is 506 g/mol. The van der Waals surface area contributed by atoms with Crippen LogP contribution < -0.4 is 20.9 Å². The van der Waals surface area contributed by atoms with Gasteiger partial charge < -0.3 is 20.5 Å². The molecule has 0 atom stereocenters. The summed E-state index contributed by atoms with van der Waals surface area (Å²) in [6.07, 6.45) is 3.15. The molecular weight excluding hydrogens is 482 g/mol. The van der Waals surface area contributed by atoms with Crippen LogP contribution in [0.25, 0.3) is 0 Å². The fraction of sp³-hybridized carbons (Fsp3) is 0.154. The van der Waals surface area contributed by atoms with Gasteiger partial charge in [-0.05, 0) is 48.0 Å². The molecule has 0 saturated heterocycles. The molecular formula is C26H24ClN5O4. The summed E-state index contributed by atoms with van der Waals surface area (Å²) in [5.74, 6) is 1.17. The average Bonchev–Trinajstić information content (AvgIpc) is 2.90. The molecule has 9 nitrogen and oxygen atoms in total. The maximum Gasteiger partial charge on any atom is 0.279 e. The Bertz CT molecular complexity index is 1410. The highest BCUT2D eigenvalue weighted by atomic mass is 35.5. The second-order valence-corrected chi connectivity index (χ2v) is 8.24. The van der Waals surface area contributed by atoms with Crippen molar-refractivity contribution in [2.75, 3.05) is 10.6 Å². The quantitative estimate of drug-likeness (QED) is 0.301. The molecule has 0 aliphatic rings. The van der Waals surface area contributed by atoms with E-state index in [1.54, 1.807) is 61.7 Å².